The molecule has 17 heavy (non-hydrogen) atoms. The summed E-state index contributed by atoms with van der Waals surface area (Å²) in [6.07, 6.45) is 0.683. The number of carbonyl (C=O) groups excluding carboxylic acids is 2. The van der Waals surface area contributed by atoms with E-state index in [4.69, 9.17) is 0 Å². The lowest BCUT2D eigenvalue weighted by Gasteiger charge is -2.06. The topological polar surface area (TPSA) is 56.3 Å². The first-order valence-electron chi connectivity index (χ1n) is 5.11. The lowest BCUT2D eigenvalue weighted by Crippen LogP contribution is -2.04. The van der Waals surface area contributed by atoms with Crippen molar-refractivity contribution >= 4 is 23.2 Å². The van der Waals surface area contributed by atoms with Gasteiger partial charge in [-0.25, -0.2) is 9.78 Å². The standard InChI is InChI=1S/C13H11NO3/c1-8-6-9-4-3-5-10(13(16)17-2)12(9)14-11(8)7-15/h3-7H,1-2H3. The highest BCUT2D eigenvalue weighted by Gasteiger charge is 2.12. The van der Waals surface area contributed by atoms with Crippen molar-refractivity contribution in [1.82, 2.24) is 4.98 Å². The van der Waals surface area contributed by atoms with Crippen LogP contribution in [0.15, 0.2) is 24.3 Å². The van der Waals surface area contributed by atoms with Crippen molar-refractivity contribution in [3.05, 3.63) is 41.1 Å². The number of aromatic nitrogens is 1. The fourth-order valence-electron chi connectivity index (χ4n) is 1.71. The molecule has 0 aliphatic heterocycles. The van der Waals surface area contributed by atoms with Gasteiger partial charge in [0.2, 0.25) is 0 Å². The van der Waals surface area contributed by atoms with Crippen LogP contribution in [0.4, 0.5) is 0 Å². The van der Waals surface area contributed by atoms with Crippen LogP contribution in [-0.4, -0.2) is 24.3 Å². The molecule has 86 valence electrons. The summed E-state index contributed by atoms with van der Waals surface area (Å²) < 4.78 is 4.68. The van der Waals surface area contributed by atoms with Crippen LogP contribution < -0.4 is 0 Å². The van der Waals surface area contributed by atoms with E-state index in [2.05, 4.69) is 9.72 Å². The molecule has 0 aliphatic rings. The predicted octanol–water partition coefficient (Wildman–Crippen LogP) is 2.14. The molecule has 0 saturated carbocycles. The zero-order valence-electron chi connectivity index (χ0n) is 9.56. The minimum atomic E-state index is -0.455. The van der Waals surface area contributed by atoms with Gasteiger partial charge < -0.3 is 4.74 Å². The number of aryl methyl sites for hydroxylation is 1. The predicted molar refractivity (Wildman–Crippen MR) is 63.2 cm³/mol. The smallest absolute Gasteiger partial charge is 0.340 e. The van der Waals surface area contributed by atoms with Gasteiger partial charge in [0.15, 0.2) is 6.29 Å². The van der Waals surface area contributed by atoms with E-state index in [0.717, 1.165) is 10.9 Å². The highest BCUT2D eigenvalue weighted by atomic mass is 16.5. The van der Waals surface area contributed by atoms with Crippen LogP contribution in [0.2, 0.25) is 0 Å². The Kier molecular flexibility index (Phi) is 2.87. The second kappa shape index (κ2) is 4.33. The molecule has 0 bridgehead atoms. The van der Waals surface area contributed by atoms with E-state index in [0.29, 0.717) is 23.1 Å². The summed E-state index contributed by atoms with van der Waals surface area (Å²) in [6.45, 7) is 1.81. The molecule has 0 spiro atoms. The fraction of sp³-hybridized carbons (Fsp3) is 0.154. The molecule has 1 heterocycles. The second-order valence-corrected chi connectivity index (χ2v) is 3.68. The van der Waals surface area contributed by atoms with Crippen molar-refractivity contribution in [2.75, 3.05) is 7.11 Å². The van der Waals surface area contributed by atoms with Crippen LogP contribution in [0.3, 0.4) is 0 Å². The van der Waals surface area contributed by atoms with E-state index in [1.807, 2.05) is 12.1 Å². The van der Waals surface area contributed by atoms with E-state index in [1.165, 1.54) is 7.11 Å². The number of aldehydes is 1. The summed E-state index contributed by atoms with van der Waals surface area (Å²) in [5.74, 6) is -0.455. The number of ether oxygens (including phenoxy) is 1. The highest BCUT2D eigenvalue weighted by molar-refractivity contribution is 6.03. The molecule has 2 aromatic rings. The van der Waals surface area contributed by atoms with Crippen molar-refractivity contribution < 1.29 is 14.3 Å². The van der Waals surface area contributed by atoms with Gasteiger partial charge in [0.1, 0.15) is 5.69 Å². The third-order valence-corrected chi connectivity index (χ3v) is 2.59. The van der Waals surface area contributed by atoms with Crippen LogP contribution in [0, 0.1) is 6.92 Å². The Morgan fingerprint density at radius 2 is 2.18 bits per heavy atom. The zero-order chi connectivity index (χ0) is 12.4. The maximum atomic E-state index is 11.6. The number of hydrogen-bond donors (Lipinski definition) is 0. The first-order valence-corrected chi connectivity index (χ1v) is 5.11. The lowest BCUT2D eigenvalue weighted by atomic mass is 10.1. The number of pyridine rings is 1. The number of esters is 1. The molecule has 0 saturated heterocycles. The van der Waals surface area contributed by atoms with Gasteiger partial charge in [0.05, 0.1) is 18.2 Å². The summed E-state index contributed by atoms with van der Waals surface area (Å²) in [5, 5.41) is 0.816. The first-order chi connectivity index (χ1) is 8.17. The molecule has 1 aromatic carbocycles. The summed E-state index contributed by atoms with van der Waals surface area (Å²) >= 11 is 0. The Labute approximate surface area is 98.2 Å². The molecule has 0 unspecified atom stereocenters. The number of methoxy groups -OCH3 is 1. The van der Waals surface area contributed by atoms with Gasteiger partial charge in [-0.1, -0.05) is 12.1 Å². The molecule has 0 N–H and O–H groups in total. The average molecular weight is 229 g/mol. The molecule has 0 radical (unpaired) electrons. The summed E-state index contributed by atoms with van der Waals surface area (Å²) in [4.78, 5) is 26.6. The van der Waals surface area contributed by atoms with E-state index < -0.39 is 5.97 Å². The van der Waals surface area contributed by atoms with Gasteiger partial charge in [-0.3, -0.25) is 4.79 Å². The van der Waals surface area contributed by atoms with Crippen LogP contribution in [0.5, 0.6) is 0 Å². The van der Waals surface area contributed by atoms with Gasteiger partial charge in [0.25, 0.3) is 0 Å². The Bertz CT molecular complexity index is 605. The fourth-order valence-corrected chi connectivity index (χ4v) is 1.71. The normalized spacial score (nSPS) is 10.2. The molecule has 0 fully saturated rings. The number of rotatable bonds is 2. The molecular formula is C13H11NO3. The van der Waals surface area contributed by atoms with Crippen LogP contribution >= 0.6 is 0 Å². The number of nitrogens with zero attached hydrogens (tertiary/aromatic N) is 1. The largest absolute Gasteiger partial charge is 0.465 e. The molecule has 4 nitrogen and oxygen atoms in total. The molecule has 0 aliphatic carbocycles. The molecular weight excluding hydrogens is 218 g/mol. The summed E-state index contributed by atoms with van der Waals surface area (Å²) in [7, 11) is 1.32. The number of carbonyl (C=O) groups is 2. The van der Waals surface area contributed by atoms with E-state index in [9.17, 15) is 9.59 Å². The first kappa shape index (κ1) is 11.3. The van der Waals surface area contributed by atoms with Crippen molar-refractivity contribution in [3.8, 4) is 0 Å². The van der Waals surface area contributed by atoms with Crippen LogP contribution in [-0.2, 0) is 4.74 Å². The zero-order valence-corrected chi connectivity index (χ0v) is 9.56. The Morgan fingerprint density at radius 1 is 1.41 bits per heavy atom. The van der Waals surface area contributed by atoms with Crippen molar-refractivity contribution in [2.24, 2.45) is 0 Å². The average Bonchev–Trinajstić information content (AvgIpc) is 2.36. The molecule has 1 aromatic heterocycles. The maximum absolute atomic E-state index is 11.6. The summed E-state index contributed by atoms with van der Waals surface area (Å²) in [6, 6.07) is 7.07. The van der Waals surface area contributed by atoms with E-state index >= 15 is 0 Å². The van der Waals surface area contributed by atoms with E-state index in [-0.39, 0.29) is 0 Å². The number of para-hydroxylation sites is 1. The quantitative estimate of drug-likeness (QED) is 0.584. The lowest BCUT2D eigenvalue weighted by molar-refractivity contribution is 0.0602. The molecule has 4 heteroatoms. The Balaban J connectivity index is 2.78. The number of fused-ring (bicyclic) bond motifs is 1. The number of hydrogen-bond acceptors (Lipinski definition) is 4. The minimum Gasteiger partial charge on any atom is -0.465 e. The Hall–Kier alpha value is -2.23. The molecule has 0 amide bonds. The monoisotopic (exact) mass is 229 g/mol. The Morgan fingerprint density at radius 3 is 2.82 bits per heavy atom. The molecule has 2 rings (SSSR count). The van der Waals surface area contributed by atoms with Crippen molar-refractivity contribution in [2.45, 2.75) is 6.92 Å². The van der Waals surface area contributed by atoms with Gasteiger partial charge in [-0.15, -0.1) is 0 Å². The maximum Gasteiger partial charge on any atom is 0.340 e. The SMILES string of the molecule is COC(=O)c1cccc2cc(C)c(C=O)nc12. The van der Waals surface area contributed by atoms with Gasteiger partial charge >= 0.3 is 5.97 Å². The van der Waals surface area contributed by atoms with Gasteiger partial charge in [-0.05, 0) is 24.6 Å². The van der Waals surface area contributed by atoms with Gasteiger partial charge in [-0.2, -0.15) is 0 Å². The number of benzene rings is 1. The van der Waals surface area contributed by atoms with E-state index in [1.54, 1.807) is 19.1 Å². The minimum absolute atomic E-state index is 0.342. The van der Waals surface area contributed by atoms with Crippen LogP contribution in [0.25, 0.3) is 10.9 Å². The van der Waals surface area contributed by atoms with Gasteiger partial charge in [0, 0.05) is 5.39 Å². The molecule has 0 atom stereocenters. The van der Waals surface area contributed by atoms with Crippen molar-refractivity contribution in [3.63, 3.8) is 0 Å². The highest BCUT2D eigenvalue weighted by Crippen LogP contribution is 2.20. The van der Waals surface area contributed by atoms with Crippen molar-refractivity contribution in [1.29, 1.82) is 0 Å². The summed E-state index contributed by atoms with van der Waals surface area (Å²) in [5.41, 5.74) is 1.99. The second-order valence-electron chi connectivity index (χ2n) is 3.68. The third kappa shape index (κ3) is 1.89. The van der Waals surface area contributed by atoms with Crippen LogP contribution in [0.1, 0.15) is 26.4 Å². The third-order valence-electron chi connectivity index (χ3n) is 2.59.